The minimum Gasteiger partial charge on any atom is -0.495 e. The zero-order valence-electron chi connectivity index (χ0n) is 20.7. The molecule has 1 aliphatic rings. The maximum Gasteiger partial charge on any atom is 0.270 e. The fraction of sp³-hybridized carbons (Fsp3) is 0.346. The number of piperidine rings is 1. The molecule has 0 saturated carbocycles. The Morgan fingerprint density at radius 1 is 1.11 bits per heavy atom. The van der Waals surface area contributed by atoms with Gasteiger partial charge in [-0.3, -0.25) is 14.3 Å². The summed E-state index contributed by atoms with van der Waals surface area (Å²) >= 11 is 3.00. The summed E-state index contributed by atoms with van der Waals surface area (Å²) in [6, 6.07) is 11.6. The molecule has 0 bridgehead atoms. The van der Waals surface area contributed by atoms with Crippen LogP contribution in [0.1, 0.15) is 34.8 Å². The standard InChI is InChI=1S/C26H29N7O2S2/c1-35-22-8-4-3-7-21(22)33-24(19-9-11-27-12-10-19)30-31-26(33)37-18-23-29-20(17-36-23)25(34)28-13-16-32-14-5-2-6-15-32/h3-4,7-12,17H,2,5-6,13-16,18H2,1H3,(H,28,34). The number of carbonyl (C=O) groups excluding carboxylic acids is 1. The monoisotopic (exact) mass is 535 g/mol. The van der Waals surface area contributed by atoms with Gasteiger partial charge in [-0.25, -0.2) is 4.98 Å². The predicted molar refractivity (Wildman–Crippen MR) is 145 cm³/mol. The van der Waals surface area contributed by atoms with Crippen molar-refractivity contribution in [2.75, 3.05) is 33.3 Å². The number of rotatable bonds is 10. The molecule has 1 saturated heterocycles. The van der Waals surface area contributed by atoms with E-state index < -0.39 is 0 Å². The van der Waals surface area contributed by atoms with E-state index in [1.807, 2.05) is 46.3 Å². The molecule has 5 rings (SSSR count). The lowest BCUT2D eigenvalue weighted by atomic mass is 10.1. The minimum absolute atomic E-state index is 0.123. The molecule has 37 heavy (non-hydrogen) atoms. The van der Waals surface area contributed by atoms with Gasteiger partial charge < -0.3 is 15.0 Å². The molecule has 9 nitrogen and oxygen atoms in total. The molecule has 4 aromatic rings. The highest BCUT2D eigenvalue weighted by molar-refractivity contribution is 7.98. The average molecular weight is 536 g/mol. The van der Waals surface area contributed by atoms with Crippen molar-refractivity contribution in [2.45, 2.75) is 30.2 Å². The van der Waals surface area contributed by atoms with Crippen LogP contribution < -0.4 is 10.1 Å². The van der Waals surface area contributed by atoms with Gasteiger partial charge in [0.15, 0.2) is 11.0 Å². The second kappa shape index (κ2) is 12.3. The van der Waals surface area contributed by atoms with Gasteiger partial charge in [0.05, 0.1) is 18.6 Å². The number of nitrogens with one attached hydrogen (secondary N) is 1. The number of nitrogens with zero attached hydrogens (tertiary/aromatic N) is 6. The third kappa shape index (κ3) is 6.17. The van der Waals surface area contributed by atoms with Crippen LogP contribution in [0.15, 0.2) is 59.3 Å². The molecule has 0 spiro atoms. The summed E-state index contributed by atoms with van der Waals surface area (Å²) < 4.78 is 7.61. The molecule has 11 heteroatoms. The minimum atomic E-state index is -0.123. The summed E-state index contributed by atoms with van der Waals surface area (Å²) in [4.78, 5) is 23.7. The molecule has 3 aromatic heterocycles. The molecule has 192 valence electrons. The lowest BCUT2D eigenvalue weighted by molar-refractivity contribution is 0.0942. The largest absolute Gasteiger partial charge is 0.495 e. The highest BCUT2D eigenvalue weighted by Gasteiger charge is 2.20. The van der Waals surface area contributed by atoms with Crippen molar-refractivity contribution in [3.05, 3.63) is 64.9 Å². The van der Waals surface area contributed by atoms with Crippen LogP contribution >= 0.6 is 23.1 Å². The summed E-state index contributed by atoms with van der Waals surface area (Å²) in [5, 5.41) is 15.3. The Labute approximate surface area is 224 Å². The zero-order chi connectivity index (χ0) is 25.5. The van der Waals surface area contributed by atoms with E-state index in [9.17, 15) is 4.79 Å². The van der Waals surface area contributed by atoms with Gasteiger partial charge in [0.2, 0.25) is 0 Å². The summed E-state index contributed by atoms with van der Waals surface area (Å²) in [7, 11) is 1.65. The summed E-state index contributed by atoms with van der Waals surface area (Å²) in [5.74, 6) is 1.86. The van der Waals surface area contributed by atoms with Crippen molar-refractivity contribution in [2.24, 2.45) is 0 Å². The highest BCUT2D eigenvalue weighted by Crippen LogP contribution is 2.33. The van der Waals surface area contributed by atoms with Gasteiger partial charge in [-0.05, 0) is 50.2 Å². The van der Waals surface area contributed by atoms with Crippen molar-refractivity contribution in [3.63, 3.8) is 0 Å². The van der Waals surface area contributed by atoms with Crippen LogP contribution in [0, 0.1) is 0 Å². The first-order valence-corrected chi connectivity index (χ1v) is 14.2. The molecule has 1 N–H and O–H groups in total. The van der Waals surface area contributed by atoms with E-state index in [-0.39, 0.29) is 5.91 Å². The van der Waals surface area contributed by atoms with E-state index >= 15 is 0 Å². The van der Waals surface area contributed by atoms with E-state index in [2.05, 4.69) is 30.4 Å². The van der Waals surface area contributed by atoms with Crippen LogP contribution in [-0.4, -0.2) is 68.8 Å². The van der Waals surface area contributed by atoms with E-state index in [0.29, 0.717) is 29.0 Å². The predicted octanol–water partition coefficient (Wildman–Crippen LogP) is 4.30. The van der Waals surface area contributed by atoms with E-state index in [1.54, 1.807) is 19.5 Å². The van der Waals surface area contributed by atoms with Crippen molar-refractivity contribution in [3.8, 4) is 22.8 Å². The van der Waals surface area contributed by atoms with E-state index in [0.717, 1.165) is 41.6 Å². The molecular formula is C26H29N7O2S2. The van der Waals surface area contributed by atoms with Crippen molar-refractivity contribution < 1.29 is 9.53 Å². The van der Waals surface area contributed by atoms with Crippen molar-refractivity contribution in [1.82, 2.24) is 34.9 Å². The molecule has 0 aliphatic carbocycles. The summed E-state index contributed by atoms with van der Waals surface area (Å²) in [6.07, 6.45) is 7.27. The van der Waals surface area contributed by atoms with Gasteiger partial charge in [0.25, 0.3) is 5.91 Å². The molecular weight excluding hydrogens is 506 g/mol. The van der Waals surface area contributed by atoms with Crippen LogP contribution in [0.2, 0.25) is 0 Å². The molecule has 1 amide bonds. The van der Waals surface area contributed by atoms with Crippen molar-refractivity contribution >= 4 is 29.0 Å². The fourth-order valence-electron chi connectivity index (χ4n) is 4.29. The topological polar surface area (TPSA) is 98.1 Å². The summed E-state index contributed by atoms with van der Waals surface area (Å²) in [5.41, 5.74) is 2.21. The number of carbonyl (C=O) groups is 1. The van der Waals surface area contributed by atoms with Gasteiger partial charge in [-0.15, -0.1) is 21.5 Å². The second-order valence-corrected chi connectivity index (χ2v) is 10.5. The number of hydrogen-bond acceptors (Lipinski definition) is 9. The number of benzene rings is 1. The van der Waals surface area contributed by atoms with E-state index in [1.165, 1.54) is 42.4 Å². The highest BCUT2D eigenvalue weighted by atomic mass is 32.2. The molecule has 0 radical (unpaired) electrons. The Kier molecular flexibility index (Phi) is 8.44. The van der Waals surface area contributed by atoms with Crippen LogP contribution in [-0.2, 0) is 5.75 Å². The number of thioether (sulfide) groups is 1. The van der Waals surface area contributed by atoms with Gasteiger partial charge in [-0.2, -0.15) is 0 Å². The smallest absolute Gasteiger partial charge is 0.270 e. The number of ether oxygens (including phenoxy) is 1. The van der Waals surface area contributed by atoms with Crippen LogP contribution in [0.4, 0.5) is 0 Å². The normalized spacial score (nSPS) is 14.0. The van der Waals surface area contributed by atoms with Crippen LogP contribution in [0.25, 0.3) is 17.1 Å². The molecule has 1 fully saturated rings. The molecule has 4 heterocycles. The Hall–Kier alpha value is -3.28. The number of pyridine rings is 1. The lowest BCUT2D eigenvalue weighted by Crippen LogP contribution is -2.37. The first-order chi connectivity index (χ1) is 18.2. The third-order valence-electron chi connectivity index (χ3n) is 6.17. The Bertz CT molecular complexity index is 1320. The number of aromatic nitrogens is 5. The molecule has 0 atom stereocenters. The average Bonchev–Trinajstić information content (AvgIpc) is 3.60. The van der Waals surface area contributed by atoms with Crippen molar-refractivity contribution in [1.29, 1.82) is 0 Å². The molecule has 1 aromatic carbocycles. The number of methoxy groups -OCH3 is 1. The third-order valence-corrected chi connectivity index (χ3v) is 8.14. The summed E-state index contributed by atoms with van der Waals surface area (Å²) in [6.45, 7) is 3.77. The Balaban J connectivity index is 1.28. The lowest BCUT2D eigenvalue weighted by Gasteiger charge is -2.26. The van der Waals surface area contributed by atoms with Gasteiger partial charge in [-0.1, -0.05) is 30.3 Å². The van der Waals surface area contributed by atoms with Gasteiger partial charge in [0.1, 0.15) is 16.5 Å². The van der Waals surface area contributed by atoms with Crippen LogP contribution in [0.3, 0.4) is 0 Å². The maximum absolute atomic E-state index is 12.6. The number of para-hydroxylation sites is 2. The number of amides is 1. The van der Waals surface area contributed by atoms with Gasteiger partial charge >= 0.3 is 0 Å². The van der Waals surface area contributed by atoms with Crippen LogP contribution in [0.5, 0.6) is 5.75 Å². The SMILES string of the molecule is COc1ccccc1-n1c(SCc2nc(C(=O)NCCN3CCCCC3)cs2)nnc1-c1ccncc1. The quantitative estimate of drug-likeness (QED) is 0.300. The number of likely N-dealkylation sites (tertiary alicyclic amines) is 1. The zero-order valence-corrected chi connectivity index (χ0v) is 22.3. The number of thiazole rings is 1. The van der Waals surface area contributed by atoms with E-state index in [4.69, 9.17) is 4.74 Å². The van der Waals surface area contributed by atoms with Gasteiger partial charge in [0, 0.05) is 36.4 Å². The fourth-order valence-corrected chi connectivity index (χ4v) is 6.03. The Morgan fingerprint density at radius 2 is 1.92 bits per heavy atom. The maximum atomic E-state index is 12.6. The molecule has 0 unspecified atom stereocenters. The first kappa shape index (κ1) is 25.4. The second-order valence-electron chi connectivity index (χ2n) is 8.62. The first-order valence-electron chi connectivity index (χ1n) is 12.3. The Morgan fingerprint density at radius 3 is 2.73 bits per heavy atom. The molecule has 1 aliphatic heterocycles. The number of hydrogen-bond donors (Lipinski definition) is 1.